The third-order valence-electron chi connectivity index (χ3n) is 1.90. The predicted molar refractivity (Wildman–Crippen MR) is 56.7 cm³/mol. The Balaban J connectivity index is 2.06. The molecule has 4 nitrogen and oxygen atoms in total. The molecule has 1 aromatic heterocycles. The van der Waals surface area contributed by atoms with Crippen LogP contribution in [0, 0.1) is 0 Å². The number of nitrogen functional groups attached to an aromatic ring is 1. The Morgan fingerprint density at radius 2 is 2.20 bits per heavy atom. The minimum absolute atomic E-state index is 0.266. The van der Waals surface area contributed by atoms with Crippen molar-refractivity contribution in [1.29, 1.82) is 0 Å². The van der Waals surface area contributed by atoms with Gasteiger partial charge in [-0.15, -0.1) is 0 Å². The van der Waals surface area contributed by atoms with Gasteiger partial charge in [0.25, 0.3) is 0 Å². The normalized spacial score (nSPS) is 10.2. The minimum Gasteiger partial charge on any atom is -0.487 e. The van der Waals surface area contributed by atoms with E-state index >= 15 is 0 Å². The van der Waals surface area contributed by atoms with Crippen LogP contribution < -0.4 is 10.5 Å². The van der Waals surface area contributed by atoms with Crippen LogP contribution in [0.15, 0.2) is 35.0 Å². The first-order valence-electron chi connectivity index (χ1n) is 4.33. The van der Waals surface area contributed by atoms with E-state index in [1.807, 2.05) is 12.1 Å². The molecule has 0 spiro atoms. The third kappa shape index (κ3) is 2.22. The van der Waals surface area contributed by atoms with Gasteiger partial charge >= 0.3 is 0 Å². The zero-order valence-electron chi connectivity index (χ0n) is 7.81. The topological polar surface area (TPSA) is 61.3 Å². The van der Waals surface area contributed by atoms with Crippen molar-refractivity contribution in [3.8, 4) is 5.75 Å². The van der Waals surface area contributed by atoms with Gasteiger partial charge in [0.1, 0.15) is 12.4 Å². The molecule has 0 aliphatic rings. The molecule has 0 atom stereocenters. The van der Waals surface area contributed by atoms with E-state index in [9.17, 15) is 0 Å². The number of hydrogen-bond donors (Lipinski definition) is 1. The molecule has 5 heteroatoms. The summed E-state index contributed by atoms with van der Waals surface area (Å²) in [5, 5.41) is 4.11. The zero-order chi connectivity index (χ0) is 10.7. The highest BCUT2D eigenvalue weighted by Gasteiger charge is 2.06. The smallest absolute Gasteiger partial charge is 0.228 e. The van der Waals surface area contributed by atoms with Gasteiger partial charge in [0.05, 0.1) is 16.8 Å². The summed E-state index contributed by atoms with van der Waals surface area (Å²) in [6, 6.07) is 7.22. The molecule has 0 radical (unpaired) electrons. The molecule has 1 heterocycles. The molecule has 78 valence electrons. The van der Waals surface area contributed by atoms with Crippen molar-refractivity contribution in [2.24, 2.45) is 0 Å². The van der Waals surface area contributed by atoms with Crippen LogP contribution in [-0.2, 0) is 6.61 Å². The van der Waals surface area contributed by atoms with Crippen LogP contribution in [0.4, 0.5) is 5.88 Å². The van der Waals surface area contributed by atoms with Gasteiger partial charge in [-0.1, -0.05) is 28.9 Å². The molecular formula is C10H9ClN2O2. The molecule has 0 aliphatic heterocycles. The molecule has 0 amide bonds. The monoisotopic (exact) mass is 224 g/mol. The second-order valence-corrected chi connectivity index (χ2v) is 3.34. The Morgan fingerprint density at radius 1 is 1.40 bits per heavy atom. The first-order chi connectivity index (χ1) is 7.27. The Morgan fingerprint density at radius 3 is 2.87 bits per heavy atom. The molecule has 1 aromatic carbocycles. The van der Waals surface area contributed by atoms with Crippen LogP contribution >= 0.6 is 11.6 Å². The Labute approximate surface area is 91.6 Å². The van der Waals surface area contributed by atoms with Gasteiger partial charge in [-0.3, -0.25) is 0 Å². The van der Waals surface area contributed by atoms with Crippen molar-refractivity contribution in [3.63, 3.8) is 0 Å². The summed E-state index contributed by atoms with van der Waals surface area (Å²) in [4.78, 5) is 0. The Bertz CT molecular complexity index is 456. The number of rotatable bonds is 3. The van der Waals surface area contributed by atoms with Crippen molar-refractivity contribution in [3.05, 3.63) is 41.0 Å². The second-order valence-electron chi connectivity index (χ2n) is 2.93. The van der Waals surface area contributed by atoms with E-state index in [1.54, 1.807) is 12.1 Å². The van der Waals surface area contributed by atoms with E-state index in [0.29, 0.717) is 22.9 Å². The van der Waals surface area contributed by atoms with E-state index < -0.39 is 0 Å². The number of nitrogens with two attached hydrogens (primary N) is 1. The fraction of sp³-hybridized carbons (Fsp3) is 0.100. The van der Waals surface area contributed by atoms with Gasteiger partial charge in [0.15, 0.2) is 0 Å². The van der Waals surface area contributed by atoms with Crippen molar-refractivity contribution >= 4 is 17.5 Å². The van der Waals surface area contributed by atoms with E-state index in [-0.39, 0.29) is 5.88 Å². The van der Waals surface area contributed by atoms with Gasteiger partial charge in [-0.25, -0.2) is 0 Å². The highest BCUT2D eigenvalue weighted by molar-refractivity contribution is 6.32. The van der Waals surface area contributed by atoms with Gasteiger partial charge in [-0.05, 0) is 12.1 Å². The summed E-state index contributed by atoms with van der Waals surface area (Å²) in [5.74, 6) is 0.877. The summed E-state index contributed by atoms with van der Waals surface area (Å²) < 4.78 is 10.1. The van der Waals surface area contributed by atoms with Crippen LogP contribution in [0.25, 0.3) is 0 Å². The number of benzene rings is 1. The number of anilines is 1. The number of nitrogens with zero attached hydrogens (tertiary/aromatic N) is 1. The predicted octanol–water partition coefficient (Wildman–Crippen LogP) is 2.49. The first kappa shape index (κ1) is 9.86. The zero-order valence-corrected chi connectivity index (χ0v) is 8.57. The number of ether oxygens (including phenoxy) is 1. The molecule has 0 bridgehead atoms. The van der Waals surface area contributed by atoms with Gasteiger partial charge in [-0.2, -0.15) is 0 Å². The number of aromatic nitrogens is 1. The summed E-state index contributed by atoms with van der Waals surface area (Å²) in [7, 11) is 0. The van der Waals surface area contributed by atoms with Crippen LogP contribution in [-0.4, -0.2) is 5.16 Å². The number of halogens is 1. The summed E-state index contributed by atoms with van der Waals surface area (Å²) >= 11 is 5.91. The second kappa shape index (κ2) is 4.23. The molecule has 2 rings (SSSR count). The van der Waals surface area contributed by atoms with Gasteiger partial charge in [0.2, 0.25) is 5.88 Å². The third-order valence-corrected chi connectivity index (χ3v) is 2.21. The lowest BCUT2D eigenvalue weighted by atomic mass is 10.3. The molecule has 15 heavy (non-hydrogen) atoms. The van der Waals surface area contributed by atoms with Crippen LogP contribution in [0.1, 0.15) is 5.56 Å². The quantitative estimate of drug-likeness (QED) is 0.870. The number of para-hydroxylation sites is 1. The van der Waals surface area contributed by atoms with Gasteiger partial charge in [0, 0.05) is 0 Å². The van der Waals surface area contributed by atoms with E-state index in [2.05, 4.69) is 5.16 Å². The summed E-state index contributed by atoms with van der Waals surface area (Å²) in [5.41, 5.74) is 6.20. The Kier molecular flexibility index (Phi) is 2.78. The lowest BCUT2D eigenvalue weighted by Crippen LogP contribution is -1.97. The first-order valence-corrected chi connectivity index (χ1v) is 4.71. The van der Waals surface area contributed by atoms with Crippen molar-refractivity contribution in [2.75, 3.05) is 5.73 Å². The molecular weight excluding hydrogens is 216 g/mol. The molecule has 2 aromatic rings. The highest BCUT2D eigenvalue weighted by Crippen LogP contribution is 2.24. The van der Waals surface area contributed by atoms with Crippen LogP contribution in [0.3, 0.4) is 0 Å². The van der Waals surface area contributed by atoms with E-state index in [0.717, 1.165) is 0 Å². The molecule has 2 N–H and O–H groups in total. The SMILES string of the molecule is Nc1oncc1COc1ccccc1Cl. The molecule has 0 saturated carbocycles. The molecule has 0 fully saturated rings. The average Bonchev–Trinajstić information content (AvgIpc) is 2.63. The molecule has 0 unspecified atom stereocenters. The number of hydrogen-bond acceptors (Lipinski definition) is 4. The van der Waals surface area contributed by atoms with Crippen LogP contribution in [0.2, 0.25) is 5.02 Å². The van der Waals surface area contributed by atoms with Gasteiger partial charge < -0.3 is 15.0 Å². The van der Waals surface area contributed by atoms with Crippen LogP contribution in [0.5, 0.6) is 5.75 Å². The fourth-order valence-corrected chi connectivity index (χ4v) is 1.28. The van der Waals surface area contributed by atoms with Crippen molar-refractivity contribution in [1.82, 2.24) is 5.16 Å². The maximum Gasteiger partial charge on any atom is 0.228 e. The Hall–Kier alpha value is -1.68. The average molecular weight is 225 g/mol. The molecule has 0 aliphatic carbocycles. The van der Waals surface area contributed by atoms with E-state index in [1.165, 1.54) is 6.20 Å². The minimum atomic E-state index is 0.266. The maximum absolute atomic E-state index is 5.91. The lowest BCUT2D eigenvalue weighted by Gasteiger charge is -2.05. The summed E-state index contributed by atoms with van der Waals surface area (Å²) in [6.07, 6.45) is 1.52. The van der Waals surface area contributed by atoms with Crippen molar-refractivity contribution < 1.29 is 9.26 Å². The largest absolute Gasteiger partial charge is 0.487 e. The lowest BCUT2D eigenvalue weighted by molar-refractivity contribution is 0.306. The summed E-state index contributed by atoms with van der Waals surface area (Å²) in [6.45, 7) is 0.291. The molecule has 0 saturated heterocycles. The van der Waals surface area contributed by atoms with E-state index in [4.69, 9.17) is 26.6 Å². The maximum atomic E-state index is 5.91. The fourth-order valence-electron chi connectivity index (χ4n) is 1.09. The highest BCUT2D eigenvalue weighted by atomic mass is 35.5. The van der Waals surface area contributed by atoms with Crippen molar-refractivity contribution in [2.45, 2.75) is 6.61 Å². The standard InChI is InChI=1S/C10H9ClN2O2/c11-8-3-1-2-4-9(8)14-6-7-5-13-15-10(7)12/h1-5H,6,12H2.